The summed E-state index contributed by atoms with van der Waals surface area (Å²) in [7, 11) is 1.53. The third-order valence-corrected chi connectivity index (χ3v) is 4.98. The molecular weight excluding hydrogens is 314 g/mol. The van der Waals surface area contributed by atoms with Crippen molar-refractivity contribution < 1.29 is 0 Å². The van der Waals surface area contributed by atoms with Crippen LogP contribution < -0.4 is 16.6 Å². The minimum Gasteiger partial charge on any atom is -0.368 e. The summed E-state index contributed by atoms with van der Waals surface area (Å²) in [6.45, 7) is 4.58. The number of aryl methyl sites for hydroxylation is 2. The summed E-state index contributed by atoms with van der Waals surface area (Å²) in [4.78, 5) is 24.8. The Balaban J connectivity index is 1.99. The number of nitrogens with one attached hydrogen (secondary N) is 1. The van der Waals surface area contributed by atoms with Crippen LogP contribution in [0.3, 0.4) is 0 Å². The summed E-state index contributed by atoms with van der Waals surface area (Å²) in [6, 6.07) is 8.20. The topological polar surface area (TPSA) is 56.0 Å². The normalized spacial score (nSPS) is 15.3. The number of nitrogens with zero attached hydrogens (tertiary/aromatic N) is 2. The average molecular weight is 341 g/mol. The maximum atomic E-state index is 12.7. The van der Waals surface area contributed by atoms with Crippen LogP contribution >= 0.6 is 0 Å². The van der Waals surface area contributed by atoms with E-state index in [-0.39, 0.29) is 11.2 Å². The molecule has 0 radical (unpaired) electrons. The SMILES string of the molecule is Cc1cc(C)cc(Cn2c(NC3CCCCC3)cc(=O)n(C)c2=O)c1. The van der Waals surface area contributed by atoms with Gasteiger partial charge in [0.05, 0.1) is 6.54 Å². The van der Waals surface area contributed by atoms with Crippen molar-refractivity contribution in [2.45, 2.75) is 58.5 Å². The molecule has 5 heteroatoms. The largest absolute Gasteiger partial charge is 0.368 e. The Morgan fingerprint density at radius 1 is 1.00 bits per heavy atom. The van der Waals surface area contributed by atoms with E-state index in [1.54, 1.807) is 10.6 Å². The molecule has 0 amide bonds. The lowest BCUT2D eigenvalue weighted by atomic mass is 9.95. The van der Waals surface area contributed by atoms with E-state index in [0.29, 0.717) is 18.4 Å². The van der Waals surface area contributed by atoms with Gasteiger partial charge in [-0.1, -0.05) is 48.6 Å². The smallest absolute Gasteiger partial charge is 0.332 e. The molecule has 1 N–H and O–H groups in total. The summed E-state index contributed by atoms with van der Waals surface area (Å²) in [5, 5.41) is 3.46. The first-order chi connectivity index (χ1) is 11.9. The highest BCUT2D eigenvalue weighted by Crippen LogP contribution is 2.21. The summed E-state index contributed by atoms with van der Waals surface area (Å²) in [5.74, 6) is 0.638. The molecule has 5 nitrogen and oxygen atoms in total. The lowest BCUT2D eigenvalue weighted by Gasteiger charge is -2.25. The van der Waals surface area contributed by atoms with Gasteiger partial charge in [0.25, 0.3) is 5.56 Å². The molecule has 1 aromatic heterocycles. The fraction of sp³-hybridized carbons (Fsp3) is 0.500. The molecule has 1 fully saturated rings. The van der Waals surface area contributed by atoms with Crippen LogP contribution in [0, 0.1) is 13.8 Å². The Kier molecular flexibility index (Phi) is 5.11. The van der Waals surface area contributed by atoms with Crippen molar-refractivity contribution in [1.82, 2.24) is 9.13 Å². The maximum absolute atomic E-state index is 12.7. The monoisotopic (exact) mass is 341 g/mol. The molecule has 1 aromatic carbocycles. The van der Waals surface area contributed by atoms with Gasteiger partial charge >= 0.3 is 5.69 Å². The summed E-state index contributed by atoms with van der Waals surface area (Å²) < 4.78 is 2.86. The van der Waals surface area contributed by atoms with Crippen LogP contribution in [-0.2, 0) is 13.6 Å². The van der Waals surface area contributed by atoms with Crippen LogP contribution in [0.2, 0.25) is 0 Å². The summed E-state index contributed by atoms with van der Waals surface area (Å²) in [6.07, 6.45) is 5.84. The van der Waals surface area contributed by atoms with E-state index in [1.807, 2.05) is 0 Å². The predicted octanol–water partition coefficient (Wildman–Crippen LogP) is 2.96. The number of aromatic nitrogens is 2. The molecule has 3 rings (SSSR count). The quantitative estimate of drug-likeness (QED) is 0.930. The van der Waals surface area contributed by atoms with E-state index in [2.05, 4.69) is 37.4 Å². The third-order valence-electron chi connectivity index (χ3n) is 4.98. The number of anilines is 1. The Bertz CT molecular complexity index is 853. The predicted molar refractivity (Wildman–Crippen MR) is 101 cm³/mol. The van der Waals surface area contributed by atoms with Gasteiger partial charge in [-0.3, -0.25) is 13.9 Å². The molecule has 25 heavy (non-hydrogen) atoms. The fourth-order valence-corrected chi connectivity index (χ4v) is 3.74. The second kappa shape index (κ2) is 7.30. The lowest BCUT2D eigenvalue weighted by Crippen LogP contribution is -2.40. The average Bonchev–Trinajstić information content (AvgIpc) is 2.56. The van der Waals surface area contributed by atoms with E-state index in [1.165, 1.54) is 42.0 Å². The molecule has 2 aromatic rings. The Morgan fingerprint density at radius 3 is 2.28 bits per heavy atom. The molecule has 134 valence electrons. The molecule has 0 spiro atoms. The van der Waals surface area contributed by atoms with E-state index in [4.69, 9.17) is 0 Å². The van der Waals surface area contributed by atoms with Gasteiger partial charge in [-0.2, -0.15) is 0 Å². The van der Waals surface area contributed by atoms with Crippen LogP contribution in [0.25, 0.3) is 0 Å². The van der Waals surface area contributed by atoms with Crippen molar-refractivity contribution in [3.05, 3.63) is 61.8 Å². The fourth-order valence-electron chi connectivity index (χ4n) is 3.74. The molecule has 0 unspecified atom stereocenters. The number of hydrogen-bond donors (Lipinski definition) is 1. The zero-order valence-corrected chi connectivity index (χ0v) is 15.3. The standard InChI is InChI=1S/C20H27N3O2/c1-14-9-15(2)11-16(10-14)13-23-18(12-19(24)22(3)20(23)25)21-17-7-5-4-6-8-17/h9-12,17,21H,4-8,13H2,1-3H3. The van der Waals surface area contributed by atoms with Gasteiger partial charge in [0.15, 0.2) is 0 Å². The van der Waals surface area contributed by atoms with Crippen LogP contribution in [0.1, 0.15) is 48.8 Å². The molecule has 0 aliphatic heterocycles. The van der Waals surface area contributed by atoms with Crippen LogP contribution in [0.5, 0.6) is 0 Å². The van der Waals surface area contributed by atoms with Gasteiger partial charge in [-0.05, 0) is 32.3 Å². The zero-order valence-electron chi connectivity index (χ0n) is 15.3. The number of benzene rings is 1. The minimum absolute atomic E-state index is 0.264. The first-order valence-electron chi connectivity index (χ1n) is 9.08. The first-order valence-corrected chi connectivity index (χ1v) is 9.08. The van der Waals surface area contributed by atoms with Gasteiger partial charge in [0.2, 0.25) is 0 Å². The molecule has 0 atom stereocenters. The van der Waals surface area contributed by atoms with Crippen molar-refractivity contribution in [3.8, 4) is 0 Å². The van der Waals surface area contributed by atoms with Gasteiger partial charge in [0.1, 0.15) is 5.82 Å². The van der Waals surface area contributed by atoms with E-state index in [0.717, 1.165) is 18.4 Å². The van der Waals surface area contributed by atoms with Crippen molar-refractivity contribution >= 4 is 5.82 Å². The molecule has 0 bridgehead atoms. The van der Waals surface area contributed by atoms with E-state index >= 15 is 0 Å². The maximum Gasteiger partial charge on any atom is 0.332 e. The Morgan fingerprint density at radius 2 is 1.64 bits per heavy atom. The number of hydrogen-bond acceptors (Lipinski definition) is 3. The third kappa shape index (κ3) is 4.03. The van der Waals surface area contributed by atoms with Gasteiger partial charge < -0.3 is 5.32 Å². The van der Waals surface area contributed by atoms with Crippen molar-refractivity contribution in [3.63, 3.8) is 0 Å². The minimum atomic E-state index is -0.273. The second-order valence-corrected chi connectivity index (χ2v) is 7.27. The highest BCUT2D eigenvalue weighted by atomic mass is 16.2. The van der Waals surface area contributed by atoms with E-state index in [9.17, 15) is 9.59 Å². The number of rotatable bonds is 4. The molecule has 1 aliphatic rings. The lowest BCUT2D eigenvalue weighted by molar-refractivity contribution is 0.459. The van der Waals surface area contributed by atoms with Crippen molar-refractivity contribution in [2.24, 2.45) is 7.05 Å². The van der Waals surface area contributed by atoms with E-state index < -0.39 is 0 Å². The Labute approximate surface area is 148 Å². The van der Waals surface area contributed by atoms with Crippen LogP contribution in [0.15, 0.2) is 33.9 Å². The van der Waals surface area contributed by atoms with Gasteiger partial charge in [-0.15, -0.1) is 0 Å². The molecule has 1 saturated carbocycles. The summed E-state index contributed by atoms with van der Waals surface area (Å²) >= 11 is 0. The molecule has 0 saturated heterocycles. The van der Waals surface area contributed by atoms with Crippen molar-refractivity contribution in [2.75, 3.05) is 5.32 Å². The highest BCUT2D eigenvalue weighted by molar-refractivity contribution is 5.37. The second-order valence-electron chi connectivity index (χ2n) is 7.27. The molecule has 1 heterocycles. The van der Waals surface area contributed by atoms with Gasteiger partial charge in [-0.25, -0.2) is 4.79 Å². The zero-order chi connectivity index (χ0) is 18.0. The molecular formula is C20H27N3O2. The van der Waals surface area contributed by atoms with Crippen LogP contribution in [0.4, 0.5) is 5.82 Å². The van der Waals surface area contributed by atoms with Crippen LogP contribution in [-0.4, -0.2) is 15.2 Å². The van der Waals surface area contributed by atoms with Crippen molar-refractivity contribution in [1.29, 1.82) is 0 Å². The highest BCUT2D eigenvalue weighted by Gasteiger charge is 2.17. The van der Waals surface area contributed by atoms with Gasteiger partial charge in [0, 0.05) is 19.2 Å². The summed E-state index contributed by atoms with van der Waals surface area (Å²) in [5.41, 5.74) is 2.89. The Hall–Kier alpha value is -2.30. The molecule has 1 aliphatic carbocycles. The first kappa shape index (κ1) is 17.5.